The number of carbonyl (C=O) groups excluding carboxylic acids is 1. The van der Waals surface area contributed by atoms with Crippen LogP contribution in [0.2, 0.25) is 0 Å². The van der Waals surface area contributed by atoms with E-state index in [1.807, 2.05) is 27.7 Å². The van der Waals surface area contributed by atoms with Crippen LogP contribution in [0.25, 0.3) is 0 Å². The molecule has 3 aliphatic heterocycles. The van der Waals surface area contributed by atoms with E-state index in [-0.39, 0.29) is 30.3 Å². The molecule has 5 unspecified atom stereocenters. The molecule has 5 atom stereocenters. The van der Waals surface area contributed by atoms with E-state index in [1.54, 1.807) is 0 Å². The predicted octanol–water partition coefficient (Wildman–Crippen LogP) is 0.519. The van der Waals surface area contributed by atoms with Crippen molar-refractivity contribution in [2.45, 2.75) is 76.8 Å². The minimum absolute atomic E-state index is 0.138. The van der Waals surface area contributed by atoms with Crippen LogP contribution in [-0.2, 0) is 28.5 Å². The van der Waals surface area contributed by atoms with Gasteiger partial charge in [-0.05, 0) is 27.7 Å². The molecule has 0 aliphatic carbocycles. The first-order valence-electron chi connectivity index (χ1n) is 7.27. The summed E-state index contributed by atoms with van der Waals surface area (Å²) in [4.78, 5) is 11.5. The van der Waals surface area contributed by atoms with Crippen molar-refractivity contribution in [1.29, 1.82) is 0 Å². The van der Waals surface area contributed by atoms with E-state index in [4.69, 9.17) is 23.7 Å². The summed E-state index contributed by atoms with van der Waals surface area (Å²) in [5.41, 5.74) is 0. The van der Waals surface area contributed by atoms with E-state index in [0.717, 1.165) is 0 Å². The van der Waals surface area contributed by atoms with Gasteiger partial charge in [0.2, 0.25) is 5.91 Å². The quantitative estimate of drug-likeness (QED) is 0.801. The van der Waals surface area contributed by atoms with Crippen LogP contribution < -0.4 is 5.32 Å². The van der Waals surface area contributed by atoms with Crippen LogP contribution in [0.3, 0.4) is 0 Å². The second kappa shape index (κ2) is 4.89. The molecular formula is C14H23NO6. The molecule has 0 aromatic heterocycles. The summed E-state index contributed by atoms with van der Waals surface area (Å²) < 4.78 is 29.0. The molecule has 21 heavy (non-hydrogen) atoms. The second-order valence-corrected chi connectivity index (χ2v) is 6.66. The zero-order valence-electron chi connectivity index (χ0n) is 13.0. The van der Waals surface area contributed by atoms with Gasteiger partial charge in [0.25, 0.3) is 0 Å². The molecule has 0 saturated carbocycles. The smallest absolute Gasteiger partial charge is 0.217 e. The molecule has 0 bridgehead atoms. The van der Waals surface area contributed by atoms with Gasteiger partial charge in [0.05, 0.1) is 12.6 Å². The Kier molecular flexibility index (Phi) is 3.53. The fraction of sp³-hybridized carbons (Fsp3) is 0.929. The summed E-state index contributed by atoms with van der Waals surface area (Å²) in [7, 11) is 0. The highest BCUT2D eigenvalue weighted by molar-refractivity contribution is 5.73. The van der Waals surface area contributed by atoms with Crippen molar-refractivity contribution in [3.8, 4) is 0 Å². The minimum atomic E-state index is -0.719. The molecule has 7 heteroatoms. The first-order valence-corrected chi connectivity index (χ1v) is 7.27. The van der Waals surface area contributed by atoms with E-state index < -0.39 is 17.9 Å². The highest BCUT2D eigenvalue weighted by Crippen LogP contribution is 2.40. The third-order valence-corrected chi connectivity index (χ3v) is 3.85. The Bertz CT molecular complexity index is 437. The fourth-order valence-corrected chi connectivity index (χ4v) is 3.13. The Morgan fingerprint density at radius 3 is 2.33 bits per heavy atom. The first kappa shape index (κ1) is 15.2. The summed E-state index contributed by atoms with van der Waals surface area (Å²) in [6, 6.07) is -0.322. The standard InChI is InChI=1S/C14H23NO6/c1-7(16)15-9-10(8-6-17-13(2,3)19-8)18-12-11(9)20-14(4,5)21-12/h8-12H,6H2,1-5H3,(H,15,16). The molecule has 3 fully saturated rings. The third kappa shape index (κ3) is 2.93. The molecule has 0 spiro atoms. The Morgan fingerprint density at radius 1 is 1.05 bits per heavy atom. The number of ether oxygens (including phenoxy) is 5. The van der Waals surface area contributed by atoms with Gasteiger partial charge < -0.3 is 29.0 Å². The maximum Gasteiger partial charge on any atom is 0.217 e. The Balaban J connectivity index is 1.77. The van der Waals surface area contributed by atoms with Gasteiger partial charge in [0.15, 0.2) is 17.9 Å². The van der Waals surface area contributed by atoms with Gasteiger partial charge in [-0.15, -0.1) is 0 Å². The predicted molar refractivity (Wildman–Crippen MR) is 71.2 cm³/mol. The van der Waals surface area contributed by atoms with Crippen molar-refractivity contribution in [3.63, 3.8) is 0 Å². The van der Waals surface area contributed by atoms with Crippen LogP contribution in [0.15, 0.2) is 0 Å². The topological polar surface area (TPSA) is 75.3 Å². The van der Waals surface area contributed by atoms with E-state index in [0.29, 0.717) is 6.61 Å². The molecule has 1 amide bonds. The maximum absolute atomic E-state index is 11.5. The van der Waals surface area contributed by atoms with Crippen molar-refractivity contribution < 1.29 is 28.5 Å². The van der Waals surface area contributed by atoms with E-state index >= 15 is 0 Å². The van der Waals surface area contributed by atoms with E-state index in [2.05, 4.69) is 5.32 Å². The Hall–Kier alpha value is -0.730. The Morgan fingerprint density at radius 2 is 1.76 bits per heavy atom. The highest BCUT2D eigenvalue weighted by Gasteiger charge is 2.58. The number of carbonyl (C=O) groups is 1. The summed E-state index contributed by atoms with van der Waals surface area (Å²) in [5.74, 6) is -1.50. The number of amides is 1. The van der Waals surface area contributed by atoms with Crippen LogP contribution in [0.5, 0.6) is 0 Å². The highest BCUT2D eigenvalue weighted by atomic mass is 16.8. The van der Waals surface area contributed by atoms with Gasteiger partial charge in [-0.3, -0.25) is 4.79 Å². The molecule has 3 saturated heterocycles. The zero-order chi connectivity index (χ0) is 15.4. The molecule has 3 rings (SSSR count). The van der Waals surface area contributed by atoms with Crippen LogP contribution in [-0.4, -0.2) is 54.7 Å². The summed E-state index contributed by atoms with van der Waals surface area (Å²) in [6.07, 6.45) is -1.48. The molecule has 3 heterocycles. The van der Waals surface area contributed by atoms with Gasteiger partial charge in [-0.1, -0.05) is 0 Å². The number of hydrogen-bond donors (Lipinski definition) is 1. The summed E-state index contributed by atoms with van der Waals surface area (Å²) in [6.45, 7) is 9.25. The lowest BCUT2D eigenvalue weighted by Gasteiger charge is -2.29. The molecule has 0 radical (unpaired) electrons. The lowest BCUT2D eigenvalue weighted by molar-refractivity contribution is -0.223. The third-order valence-electron chi connectivity index (χ3n) is 3.85. The molecule has 3 aliphatic rings. The second-order valence-electron chi connectivity index (χ2n) is 6.66. The molecule has 120 valence electrons. The van der Waals surface area contributed by atoms with Gasteiger partial charge >= 0.3 is 0 Å². The number of fused-ring (bicyclic) bond motifs is 1. The monoisotopic (exact) mass is 301 g/mol. The van der Waals surface area contributed by atoms with Gasteiger partial charge in [0.1, 0.15) is 18.3 Å². The molecule has 0 aromatic rings. The number of hydrogen-bond acceptors (Lipinski definition) is 6. The fourth-order valence-electron chi connectivity index (χ4n) is 3.13. The van der Waals surface area contributed by atoms with Gasteiger partial charge in [-0.25, -0.2) is 0 Å². The normalized spacial score (nSPS) is 43.8. The lowest BCUT2D eigenvalue weighted by Crippen LogP contribution is -2.52. The average Bonchev–Trinajstić information content (AvgIpc) is 2.90. The lowest BCUT2D eigenvalue weighted by atomic mass is 10.0. The van der Waals surface area contributed by atoms with Crippen molar-refractivity contribution in [2.24, 2.45) is 0 Å². The summed E-state index contributed by atoms with van der Waals surface area (Å²) >= 11 is 0. The molecular weight excluding hydrogens is 278 g/mol. The van der Waals surface area contributed by atoms with Crippen molar-refractivity contribution >= 4 is 5.91 Å². The minimum Gasteiger partial charge on any atom is -0.348 e. The van der Waals surface area contributed by atoms with E-state index in [9.17, 15) is 4.79 Å². The average molecular weight is 301 g/mol. The van der Waals surface area contributed by atoms with Crippen molar-refractivity contribution in [2.75, 3.05) is 6.61 Å². The Labute approximate surface area is 124 Å². The summed E-state index contributed by atoms with van der Waals surface area (Å²) in [5, 5.41) is 2.90. The van der Waals surface area contributed by atoms with Crippen LogP contribution in [0.4, 0.5) is 0 Å². The molecule has 1 N–H and O–H groups in total. The van der Waals surface area contributed by atoms with Crippen molar-refractivity contribution in [3.05, 3.63) is 0 Å². The largest absolute Gasteiger partial charge is 0.348 e. The molecule has 0 aromatic carbocycles. The molecule has 7 nitrogen and oxygen atoms in total. The maximum atomic E-state index is 11.5. The van der Waals surface area contributed by atoms with Gasteiger partial charge in [0, 0.05) is 6.92 Å². The van der Waals surface area contributed by atoms with Crippen LogP contribution in [0.1, 0.15) is 34.6 Å². The van der Waals surface area contributed by atoms with Gasteiger partial charge in [-0.2, -0.15) is 0 Å². The van der Waals surface area contributed by atoms with Crippen LogP contribution >= 0.6 is 0 Å². The SMILES string of the molecule is CC(=O)NC1C(C2COC(C)(C)O2)OC2OC(C)(C)OC21. The van der Waals surface area contributed by atoms with E-state index in [1.165, 1.54) is 6.92 Å². The number of nitrogens with one attached hydrogen (secondary N) is 1. The zero-order valence-corrected chi connectivity index (χ0v) is 13.0. The van der Waals surface area contributed by atoms with Crippen LogP contribution in [0, 0.1) is 0 Å². The number of rotatable bonds is 2. The van der Waals surface area contributed by atoms with Crippen molar-refractivity contribution in [1.82, 2.24) is 5.32 Å². The first-order chi connectivity index (χ1) is 9.67.